The van der Waals surface area contributed by atoms with Gasteiger partial charge in [0.05, 0.1) is 4.34 Å². The Labute approximate surface area is 112 Å². The van der Waals surface area contributed by atoms with E-state index in [1.807, 2.05) is 6.07 Å². The van der Waals surface area contributed by atoms with Crippen molar-refractivity contribution in [1.82, 2.24) is 10.2 Å². The first kappa shape index (κ1) is 12.0. The summed E-state index contributed by atoms with van der Waals surface area (Å²) in [6, 6.07) is 5.24. The van der Waals surface area contributed by atoms with Crippen LogP contribution in [0.1, 0.15) is 30.7 Å². The number of hydrogen-bond donors (Lipinski definition) is 1. The van der Waals surface area contributed by atoms with Gasteiger partial charge in [0, 0.05) is 23.5 Å². The fourth-order valence-corrected chi connectivity index (χ4v) is 4.19. The SMILES string of the molecule is CC(NC1CN2CCC1CC2)c1ccc(Cl)s1. The summed E-state index contributed by atoms with van der Waals surface area (Å²) in [6.07, 6.45) is 2.74. The van der Waals surface area contributed by atoms with Crippen LogP contribution in [0.5, 0.6) is 0 Å². The molecular formula is C13H19ClN2S. The zero-order valence-corrected chi connectivity index (χ0v) is 11.7. The molecule has 3 aliphatic rings. The number of thiophene rings is 1. The molecule has 3 aliphatic heterocycles. The fraction of sp³-hybridized carbons (Fsp3) is 0.692. The highest BCUT2D eigenvalue weighted by Crippen LogP contribution is 2.31. The second-order valence-electron chi connectivity index (χ2n) is 5.27. The van der Waals surface area contributed by atoms with E-state index in [4.69, 9.17) is 11.6 Å². The highest BCUT2D eigenvalue weighted by atomic mass is 35.5. The Balaban J connectivity index is 1.63. The van der Waals surface area contributed by atoms with Crippen LogP contribution >= 0.6 is 22.9 Å². The van der Waals surface area contributed by atoms with Crippen molar-refractivity contribution in [3.63, 3.8) is 0 Å². The summed E-state index contributed by atoms with van der Waals surface area (Å²) in [5.41, 5.74) is 0. The molecule has 0 radical (unpaired) electrons. The van der Waals surface area contributed by atoms with E-state index < -0.39 is 0 Å². The van der Waals surface area contributed by atoms with Crippen LogP contribution in [0.4, 0.5) is 0 Å². The maximum absolute atomic E-state index is 5.99. The normalized spacial score (nSPS) is 33.9. The van der Waals surface area contributed by atoms with Crippen molar-refractivity contribution in [3.8, 4) is 0 Å². The summed E-state index contributed by atoms with van der Waals surface area (Å²) >= 11 is 7.69. The fourth-order valence-electron chi connectivity index (χ4n) is 3.12. The van der Waals surface area contributed by atoms with Crippen molar-refractivity contribution in [2.75, 3.05) is 19.6 Å². The van der Waals surface area contributed by atoms with Crippen molar-refractivity contribution in [1.29, 1.82) is 0 Å². The minimum atomic E-state index is 0.429. The zero-order valence-electron chi connectivity index (χ0n) is 10.2. The Morgan fingerprint density at radius 1 is 1.41 bits per heavy atom. The van der Waals surface area contributed by atoms with Crippen LogP contribution < -0.4 is 5.32 Å². The standard InChI is InChI=1S/C13H19ClN2S/c1-9(12-2-3-13(14)17-12)15-11-8-16-6-4-10(11)5-7-16/h2-3,9-11,15H,4-8H2,1H3. The third-order valence-electron chi connectivity index (χ3n) is 4.14. The minimum absolute atomic E-state index is 0.429. The first-order valence-electron chi connectivity index (χ1n) is 6.46. The summed E-state index contributed by atoms with van der Waals surface area (Å²) in [6.45, 7) is 6.10. The van der Waals surface area contributed by atoms with Gasteiger partial charge in [-0.3, -0.25) is 0 Å². The monoisotopic (exact) mass is 270 g/mol. The minimum Gasteiger partial charge on any atom is -0.305 e. The molecule has 1 aromatic heterocycles. The molecule has 2 unspecified atom stereocenters. The quantitative estimate of drug-likeness (QED) is 0.908. The molecule has 94 valence electrons. The van der Waals surface area contributed by atoms with Crippen LogP contribution in [0.3, 0.4) is 0 Å². The molecule has 0 aliphatic carbocycles. The van der Waals surface area contributed by atoms with Gasteiger partial charge in [-0.15, -0.1) is 11.3 Å². The second kappa shape index (κ2) is 4.88. The predicted octanol–water partition coefficient (Wildman–Crippen LogP) is 3.15. The second-order valence-corrected chi connectivity index (χ2v) is 7.02. The first-order valence-corrected chi connectivity index (χ1v) is 7.65. The first-order chi connectivity index (χ1) is 8.22. The van der Waals surface area contributed by atoms with E-state index in [9.17, 15) is 0 Å². The molecule has 0 aromatic carbocycles. The number of rotatable bonds is 3. The largest absolute Gasteiger partial charge is 0.305 e. The van der Waals surface area contributed by atoms with Crippen LogP contribution in [0.15, 0.2) is 12.1 Å². The van der Waals surface area contributed by atoms with E-state index in [-0.39, 0.29) is 0 Å². The lowest BCUT2D eigenvalue weighted by molar-refractivity contribution is 0.0682. The van der Waals surface area contributed by atoms with Gasteiger partial charge in [-0.05, 0) is 50.9 Å². The van der Waals surface area contributed by atoms with Gasteiger partial charge >= 0.3 is 0 Å². The van der Waals surface area contributed by atoms with E-state index in [1.165, 1.54) is 37.4 Å². The van der Waals surface area contributed by atoms with Gasteiger partial charge in [-0.25, -0.2) is 0 Å². The van der Waals surface area contributed by atoms with E-state index in [0.717, 1.165) is 10.3 Å². The van der Waals surface area contributed by atoms with Gasteiger partial charge in [0.2, 0.25) is 0 Å². The van der Waals surface area contributed by atoms with Crippen molar-refractivity contribution in [2.24, 2.45) is 5.92 Å². The van der Waals surface area contributed by atoms with E-state index in [2.05, 4.69) is 23.2 Å². The third-order valence-corrected chi connectivity index (χ3v) is 5.55. The lowest BCUT2D eigenvalue weighted by Gasteiger charge is -2.46. The molecule has 0 spiro atoms. The van der Waals surface area contributed by atoms with Gasteiger partial charge in [-0.2, -0.15) is 0 Å². The molecule has 17 heavy (non-hydrogen) atoms. The summed E-state index contributed by atoms with van der Waals surface area (Å²) < 4.78 is 0.891. The Kier molecular flexibility index (Phi) is 3.44. The van der Waals surface area contributed by atoms with Crippen LogP contribution in [-0.2, 0) is 0 Å². The topological polar surface area (TPSA) is 15.3 Å². The summed E-state index contributed by atoms with van der Waals surface area (Å²) in [5, 5.41) is 3.79. The van der Waals surface area contributed by atoms with E-state index >= 15 is 0 Å². The number of hydrogen-bond acceptors (Lipinski definition) is 3. The van der Waals surface area contributed by atoms with Crippen molar-refractivity contribution < 1.29 is 0 Å². The zero-order chi connectivity index (χ0) is 11.8. The average molecular weight is 271 g/mol. The summed E-state index contributed by atoms with van der Waals surface area (Å²) in [5.74, 6) is 0.887. The number of fused-ring (bicyclic) bond motifs is 3. The lowest BCUT2D eigenvalue weighted by Crippen LogP contribution is -2.56. The number of nitrogens with one attached hydrogen (secondary N) is 1. The van der Waals surface area contributed by atoms with Gasteiger partial charge in [0.25, 0.3) is 0 Å². The van der Waals surface area contributed by atoms with Gasteiger partial charge < -0.3 is 10.2 Å². The smallest absolute Gasteiger partial charge is 0.0931 e. The molecule has 1 aromatic rings. The molecule has 3 fully saturated rings. The predicted molar refractivity (Wildman–Crippen MR) is 73.8 cm³/mol. The van der Waals surface area contributed by atoms with Crippen molar-refractivity contribution in [3.05, 3.63) is 21.3 Å². The molecule has 0 saturated carbocycles. The van der Waals surface area contributed by atoms with Gasteiger partial charge in [-0.1, -0.05) is 11.6 Å². The number of halogens is 1. The van der Waals surface area contributed by atoms with Crippen LogP contribution in [0.2, 0.25) is 4.34 Å². The molecule has 0 amide bonds. The number of piperidine rings is 3. The molecular weight excluding hydrogens is 252 g/mol. The van der Waals surface area contributed by atoms with Crippen LogP contribution in [0.25, 0.3) is 0 Å². The molecule has 1 N–H and O–H groups in total. The Morgan fingerprint density at radius 2 is 2.18 bits per heavy atom. The highest BCUT2D eigenvalue weighted by molar-refractivity contribution is 7.16. The molecule has 4 heteroatoms. The van der Waals surface area contributed by atoms with E-state index in [1.54, 1.807) is 11.3 Å². The van der Waals surface area contributed by atoms with Gasteiger partial charge in [0.15, 0.2) is 0 Å². The molecule has 2 atom stereocenters. The Bertz CT molecular complexity index is 385. The van der Waals surface area contributed by atoms with Crippen LogP contribution in [0, 0.1) is 5.92 Å². The average Bonchev–Trinajstić information content (AvgIpc) is 2.77. The molecule has 2 bridgehead atoms. The third kappa shape index (κ3) is 2.53. The molecule has 3 saturated heterocycles. The Morgan fingerprint density at radius 3 is 2.71 bits per heavy atom. The molecule has 4 rings (SSSR count). The van der Waals surface area contributed by atoms with Crippen LogP contribution in [-0.4, -0.2) is 30.6 Å². The van der Waals surface area contributed by atoms with Gasteiger partial charge in [0.1, 0.15) is 0 Å². The maximum atomic E-state index is 5.99. The Hall–Kier alpha value is -0.0900. The number of nitrogens with zero attached hydrogens (tertiary/aromatic N) is 1. The maximum Gasteiger partial charge on any atom is 0.0931 e. The summed E-state index contributed by atoms with van der Waals surface area (Å²) in [7, 11) is 0. The molecule has 4 heterocycles. The van der Waals surface area contributed by atoms with Crippen molar-refractivity contribution in [2.45, 2.75) is 31.8 Å². The lowest BCUT2D eigenvalue weighted by atomic mass is 9.83. The van der Waals surface area contributed by atoms with E-state index in [0.29, 0.717) is 12.1 Å². The molecule has 2 nitrogen and oxygen atoms in total. The highest BCUT2D eigenvalue weighted by Gasteiger charge is 2.34. The van der Waals surface area contributed by atoms with Crippen molar-refractivity contribution >= 4 is 22.9 Å². The summed E-state index contributed by atoms with van der Waals surface area (Å²) in [4.78, 5) is 3.94.